The fourth-order valence-electron chi connectivity index (χ4n) is 3.45. The van der Waals surface area contributed by atoms with Gasteiger partial charge in [-0.2, -0.15) is 5.26 Å². The molecule has 5 atom stereocenters. The highest BCUT2D eigenvalue weighted by molar-refractivity contribution is 5.39. The van der Waals surface area contributed by atoms with Gasteiger partial charge < -0.3 is 30.3 Å². The highest BCUT2D eigenvalue weighted by Crippen LogP contribution is 2.35. The number of ether oxygens (including phenoxy) is 1. The maximum absolute atomic E-state index is 10.4. The molecule has 28 heavy (non-hydrogen) atoms. The molecule has 0 aromatic heterocycles. The number of aliphatic hydroxyl groups excluding tert-OH is 5. The topological polar surface area (TPSA) is 134 Å². The lowest BCUT2D eigenvalue weighted by atomic mass is 9.88. The second kappa shape index (κ2) is 8.80. The van der Waals surface area contributed by atoms with Crippen molar-refractivity contribution in [3.63, 3.8) is 0 Å². The number of hydrogen-bond donors (Lipinski definition) is 5. The molecule has 7 nitrogen and oxygen atoms in total. The van der Waals surface area contributed by atoms with E-state index in [1.807, 2.05) is 18.2 Å². The Bertz CT molecular complexity index is 845. The predicted octanol–water partition coefficient (Wildman–Crippen LogP) is 0.156. The molecule has 1 saturated heterocycles. The van der Waals surface area contributed by atoms with Crippen LogP contribution in [0.2, 0.25) is 0 Å². The van der Waals surface area contributed by atoms with E-state index in [0.717, 1.165) is 11.1 Å². The number of nitrogens with zero attached hydrogens (tertiary/aromatic N) is 1. The molecule has 1 aliphatic heterocycles. The van der Waals surface area contributed by atoms with Crippen LogP contribution in [0.3, 0.4) is 0 Å². The van der Waals surface area contributed by atoms with Crippen LogP contribution >= 0.6 is 0 Å². The van der Waals surface area contributed by atoms with Gasteiger partial charge in [-0.25, -0.2) is 0 Å². The van der Waals surface area contributed by atoms with Gasteiger partial charge in [0.2, 0.25) is 0 Å². The first kappa shape index (κ1) is 20.4. The number of rotatable bonds is 5. The average Bonchev–Trinajstić information content (AvgIpc) is 2.73. The SMILES string of the molecule is N#Cc1ccc(Cc2ccc(CO)c([C@@H]3O[C@H](CO)[C@@H](O)[C@H](O)[C@H]3O)c2)cc1. The summed E-state index contributed by atoms with van der Waals surface area (Å²) in [6.07, 6.45) is -5.79. The smallest absolute Gasteiger partial charge is 0.113 e. The van der Waals surface area contributed by atoms with Crippen molar-refractivity contribution in [2.75, 3.05) is 6.61 Å². The molecule has 3 rings (SSSR count). The largest absolute Gasteiger partial charge is 0.394 e. The molecule has 7 heteroatoms. The van der Waals surface area contributed by atoms with Crippen LogP contribution in [0, 0.1) is 11.3 Å². The van der Waals surface area contributed by atoms with Gasteiger partial charge in [-0.1, -0.05) is 30.3 Å². The zero-order valence-corrected chi connectivity index (χ0v) is 15.1. The molecule has 0 amide bonds. The Kier molecular flexibility index (Phi) is 6.42. The summed E-state index contributed by atoms with van der Waals surface area (Å²) in [6, 6.07) is 14.6. The second-order valence-electron chi connectivity index (χ2n) is 6.93. The third-order valence-electron chi connectivity index (χ3n) is 5.07. The van der Waals surface area contributed by atoms with Gasteiger partial charge in [0.25, 0.3) is 0 Å². The van der Waals surface area contributed by atoms with E-state index < -0.39 is 37.1 Å². The maximum atomic E-state index is 10.4. The van der Waals surface area contributed by atoms with Crippen molar-refractivity contribution in [2.24, 2.45) is 0 Å². The van der Waals surface area contributed by atoms with Crippen molar-refractivity contribution in [2.45, 2.75) is 43.5 Å². The summed E-state index contributed by atoms with van der Waals surface area (Å²) in [5, 5.41) is 58.4. The van der Waals surface area contributed by atoms with Gasteiger partial charge in [0.15, 0.2) is 0 Å². The molecule has 5 N–H and O–H groups in total. The van der Waals surface area contributed by atoms with Crippen molar-refractivity contribution in [3.05, 3.63) is 70.3 Å². The molecule has 1 heterocycles. The van der Waals surface area contributed by atoms with Gasteiger partial charge >= 0.3 is 0 Å². The van der Waals surface area contributed by atoms with Crippen molar-refractivity contribution in [3.8, 4) is 6.07 Å². The van der Waals surface area contributed by atoms with Gasteiger partial charge in [-0.3, -0.25) is 0 Å². The standard InChI is InChI=1S/C21H23NO6/c22-9-13-3-1-12(2-4-13)7-14-5-6-15(10-23)16(8-14)21-20(27)19(26)18(25)17(11-24)28-21/h1-6,8,17-21,23-27H,7,10-11H2/t17-,18-,19+,20-,21+/m1/s1. The minimum Gasteiger partial charge on any atom is -0.394 e. The number of aliphatic hydroxyl groups is 5. The van der Waals surface area contributed by atoms with E-state index in [9.17, 15) is 25.5 Å². The van der Waals surface area contributed by atoms with Gasteiger partial charge in [-0.05, 0) is 40.8 Å². The molecular weight excluding hydrogens is 362 g/mol. The number of nitriles is 1. The minimum atomic E-state index is -1.48. The zero-order valence-electron chi connectivity index (χ0n) is 15.1. The van der Waals surface area contributed by atoms with Gasteiger partial charge in [0, 0.05) is 0 Å². The van der Waals surface area contributed by atoms with E-state index >= 15 is 0 Å². The van der Waals surface area contributed by atoms with Crippen LogP contribution < -0.4 is 0 Å². The quantitative estimate of drug-likeness (QED) is 0.495. The van der Waals surface area contributed by atoms with E-state index in [1.54, 1.807) is 24.3 Å². The minimum absolute atomic E-state index is 0.290. The highest BCUT2D eigenvalue weighted by Gasteiger charge is 2.44. The molecule has 148 valence electrons. The fourth-order valence-corrected chi connectivity index (χ4v) is 3.45. The normalized spacial score (nSPS) is 27.4. The van der Waals surface area contributed by atoms with E-state index in [-0.39, 0.29) is 6.61 Å². The second-order valence-corrected chi connectivity index (χ2v) is 6.93. The average molecular weight is 385 g/mol. The molecule has 1 fully saturated rings. The van der Waals surface area contributed by atoms with E-state index in [2.05, 4.69) is 6.07 Å². The Morgan fingerprint density at radius 2 is 1.57 bits per heavy atom. The van der Waals surface area contributed by atoms with Crippen LogP contribution in [0.15, 0.2) is 42.5 Å². The molecule has 0 saturated carbocycles. The summed E-state index contributed by atoms with van der Waals surface area (Å²) in [7, 11) is 0. The van der Waals surface area contributed by atoms with Crippen LogP contribution in [0.25, 0.3) is 0 Å². The Morgan fingerprint density at radius 3 is 2.18 bits per heavy atom. The molecule has 2 aromatic carbocycles. The van der Waals surface area contributed by atoms with Crippen LogP contribution in [0.1, 0.15) is 33.9 Å². The Hall–Kier alpha value is -2.31. The van der Waals surface area contributed by atoms with Gasteiger partial charge in [-0.15, -0.1) is 0 Å². The Balaban J connectivity index is 1.91. The predicted molar refractivity (Wildman–Crippen MR) is 99.0 cm³/mol. The van der Waals surface area contributed by atoms with Crippen LogP contribution in [-0.2, 0) is 17.8 Å². The first-order valence-electron chi connectivity index (χ1n) is 9.00. The molecule has 2 aromatic rings. The highest BCUT2D eigenvalue weighted by atomic mass is 16.5. The lowest BCUT2D eigenvalue weighted by Crippen LogP contribution is -2.55. The molecule has 0 radical (unpaired) electrons. The zero-order chi connectivity index (χ0) is 20.3. The van der Waals surface area contributed by atoms with Crippen LogP contribution in [0.4, 0.5) is 0 Å². The molecule has 0 unspecified atom stereocenters. The summed E-state index contributed by atoms with van der Waals surface area (Å²) >= 11 is 0. The number of benzene rings is 2. The fraction of sp³-hybridized carbons (Fsp3) is 0.381. The summed E-state index contributed by atoms with van der Waals surface area (Å²) in [4.78, 5) is 0. The summed E-state index contributed by atoms with van der Waals surface area (Å²) in [5.41, 5.74) is 3.45. The van der Waals surface area contributed by atoms with Gasteiger partial charge in [0.05, 0.1) is 24.8 Å². The van der Waals surface area contributed by atoms with Crippen molar-refractivity contribution in [1.29, 1.82) is 5.26 Å². The molecule has 0 aliphatic carbocycles. The van der Waals surface area contributed by atoms with E-state index in [4.69, 9.17) is 10.00 Å². The van der Waals surface area contributed by atoms with Gasteiger partial charge in [0.1, 0.15) is 30.5 Å². The van der Waals surface area contributed by atoms with Crippen LogP contribution in [0.5, 0.6) is 0 Å². The molecular formula is C21H23NO6. The summed E-state index contributed by atoms with van der Waals surface area (Å²) in [5.74, 6) is 0. The lowest BCUT2D eigenvalue weighted by Gasteiger charge is -2.40. The number of hydrogen-bond acceptors (Lipinski definition) is 7. The maximum Gasteiger partial charge on any atom is 0.113 e. The summed E-state index contributed by atoms with van der Waals surface area (Å²) in [6.45, 7) is -0.803. The van der Waals surface area contributed by atoms with E-state index in [0.29, 0.717) is 23.1 Å². The van der Waals surface area contributed by atoms with Crippen molar-refractivity contribution >= 4 is 0 Å². The third kappa shape index (κ3) is 4.08. The van der Waals surface area contributed by atoms with E-state index in [1.165, 1.54) is 0 Å². The van der Waals surface area contributed by atoms with Crippen molar-refractivity contribution < 1.29 is 30.3 Å². The van der Waals surface area contributed by atoms with Crippen LogP contribution in [-0.4, -0.2) is 56.6 Å². The first-order valence-corrected chi connectivity index (χ1v) is 9.00. The molecule has 1 aliphatic rings. The summed E-state index contributed by atoms with van der Waals surface area (Å²) < 4.78 is 5.64. The lowest BCUT2D eigenvalue weighted by molar-refractivity contribution is -0.232. The first-order chi connectivity index (χ1) is 13.5. The molecule has 0 spiro atoms. The third-order valence-corrected chi connectivity index (χ3v) is 5.07. The Morgan fingerprint density at radius 1 is 0.893 bits per heavy atom. The monoisotopic (exact) mass is 385 g/mol. The Labute approximate surface area is 162 Å². The molecule has 0 bridgehead atoms. The van der Waals surface area contributed by atoms with Crippen molar-refractivity contribution in [1.82, 2.24) is 0 Å².